The fraction of sp³-hybridized carbons (Fsp3) is 0.214. The molecule has 1 N–H and O–H groups in total. The summed E-state index contributed by atoms with van der Waals surface area (Å²) in [5.74, 6) is 1.33. The third-order valence-electron chi connectivity index (χ3n) is 2.56. The second kappa shape index (κ2) is 7.03. The van der Waals surface area contributed by atoms with E-state index in [9.17, 15) is 4.79 Å². The first kappa shape index (κ1) is 15.2. The van der Waals surface area contributed by atoms with Gasteiger partial charge in [-0.2, -0.15) is 0 Å². The Morgan fingerprint density at radius 3 is 2.67 bits per heavy atom. The predicted octanol–water partition coefficient (Wildman–Crippen LogP) is 2.79. The summed E-state index contributed by atoms with van der Waals surface area (Å²) in [7, 11) is 1.59. The first-order valence-corrected chi connectivity index (χ1v) is 7.06. The van der Waals surface area contributed by atoms with Crippen LogP contribution in [0.5, 0.6) is 17.4 Å². The zero-order valence-corrected chi connectivity index (χ0v) is 13.2. The predicted molar refractivity (Wildman–Crippen MR) is 80.8 cm³/mol. The van der Waals surface area contributed by atoms with Gasteiger partial charge in [-0.15, -0.1) is 10.2 Å². The molecule has 1 aromatic carbocycles. The van der Waals surface area contributed by atoms with Crippen LogP contribution in [0.15, 0.2) is 34.8 Å². The second-order valence-corrected chi connectivity index (χ2v) is 4.87. The molecule has 6 nitrogen and oxygen atoms in total. The lowest BCUT2D eigenvalue weighted by Gasteiger charge is -2.08. The quantitative estimate of drug-likeness (QED) is 0.896. The summed E-state index contributed by atoms with van der Waals surface area (Å²) >= 11 is 3.39. The Hall–Kier alpha value is -2.15. The lowest BCUT2D eigenvalue weighted by molar-refractivity contribution is 0.0949. The molecule has 0 radical (unpaired) electrons. The number of nitrogens with one attached hydrogen (secondary N) is 1. The van der Waals surface area contributed by atoms with Crippen LogP contribution in [0.25, 0.3) is 0 Å². The second-order valence-electron chi connectivity index (χ2n) is 4.01. The molecule has 0 aliphatic carbocycles. The van der Waals surface area contributed by atoms with Gasteiger partial charge in [0.2, 0.25) is 5.88 Å². The summed E-state index contributed by atoms with van der Waals surface area (Å²) in [4.78, 5) is 11.6. The number of hydrogen-bond donors (Lipinski definition) is 1. The maximum atomic E-state index is 11.6. The third kappa shape index (κ3) is 3.91. The van der Waals surface area contributed by atoms with Crippen molar-refractivity contribution in [2.45, 2.75) is 6.92 Å². The average Bonchev–Trinajstić information content (AvgIpc) is 2.50. The molecule has 7 heteroatoms. The molecule has 0 saturated heterocycles. The van der Waals surface area contributed by atoms with Crippen molar-refractivity contribution in [3.05, 3.63) is 40.5 Å². The molecule has 1 aromatic heterocycles. The van der Waals surface area contributed by atoms with Gasteiger partial charge >= 0.3 is 0 Å². The van der Waals surface area contributed by atoms with Crippen molar-refractivity contribution in [1.29, 1.82) is 0 Å². The molecule has 0 atom stereocenters. The fourth-order valence-electron chi connectivity index (χ4n) is 1.55. The average molecular weight is 352 g/mol. The fourth-order valence-corrected chi connectivity index (χ4v) is 1.99. The number of amides is 1. The van der Waals surface area contributed by atoms with Crippen LogP contribution in [0.1, 0.15) is 17.4 Å². The van der Waals surface area contributed by atoms with Crippen molar-refractivity contribution in [1.82, 2.24) is 15.5 Å². The number of ether oxygens (including phenoxy) is 2. The van der Waals surface area contributed by atoms with E-state index in [1.54, 1.807) is 37.4 Å². The Morgan fingerprint density at radius 2 is 2.10 bits per heavy atom. The molecule has 0 spiro atoms. The van der Waals surface area contributed by atoms with Gasteiger partial charge in [-0.3, -0.25) is 4.79 Å². The highest BCUT2D eigenvalue weighted by atomic mass is 79.9. The monoisotopic (exact) mass is 351 g/mol. The molecular weight excluding hydrogens is 338 g/mol. The molecule has 21 heavy (non-hydrogen) atoms. The van der Waals surface area contributed by atoms with Gasteiger partial charge in [0, 0.05) is 12.6 Å². The standard InChI is InChI=1S/C14H14BrN3O3/c1-3-16-14(19)11-5-7-13(18-17-11)21-12-6-4-9(20-2)8-10(12)15/h4-8H,3H2,1-2H3,(H,16,19). The smallest absolute Gasteiger partial charge is 0.271 e. The zero-order chi connectivity index (χ0) is 15.2. The molecule has 0 bridgehead atoms. The van der Waals surface area contributed by atoms with E-state index in [1.807, 2.05) is 6.92 Å². The van der Waals surface area contributed by atoms with E-state index in [1.165, 1.54) is 0 Å². The highest BCUT2D eigenvalue weighted by Crippen LogP contribution is 2.31. The number of methoxy groups -OCH3 is 1. The molecule has 2 aromatic rings. The number of nitrogens with zero attached hydrogens (tertiary/aromatic N) is 2. The lowest BCUT2D eigenvalue weighted by Crippen LogP contribution is -2.23. The van der Waals surface area contributed by atoms with Gasteiger partial charge in [-0.25, -0.2) is 0 Å². The first-order valence-electron chi connectivity index (χ1n) is 6.27. The van der Waals surface area contributed by atoms with Crippen LogP contribution in [-0.2, 0) is 0 Å². The molecule has 2 rings (SSSR count). The van der Waals surface area contributed by atoms with E-state index < -0.39 is 0 Å². The van der Waals surface area contributed by atoms with Crippen LogP contribution < -0.4 is 14.8 Å². The first-order chi connectivity index (χ1) is 10.1. The van der Waals surface area contributed by atoms with Crippen molar-refractivity contribution in [2.24, 2.45) is 0 Å². The van der Waals surface area contributed by atoms with Gasteiger partial charge in [-0.1, -0.05) is 0 Å². The van der Waals surface area contributed by atoms with E-state index >= 15 is 0 Å². The molecular formula is C14H14BrN3O3. The van der Waals surface area contributed by atoms with Crippen LogP contribution >= 0.6 is 15.9 Å². The number of aromatic nitrogens is 2. The maximum absolute atomic E-state index is 11.6. The Bertz CT molecular complexity index is 632. The molecule has 0 aliphatic heterocycles. The lowest BCUT2D eigenvalue weighted by atomic mass is 10.3. The normalized spacial score (nSPS) is 10.0. The number of carbonyl (C=O) groups excluding carboxylic acids is 1. The topological polar surface area (TPSA) is 73.3 Å². The number of benzene rings is 1. The summed E-state index contributed by atoms with van der Waals surface area (Å²) in [6.07, 6.45) is 0. The summed E-state index contributed by atoms with van der Waals surface area (Å²) in [6, 6.07) is 8.46. The molecule has 0 unspecified atom stereocenters. The minimum atomic E-state index is -0.262. The summed E-state index contributed by atoms with van der Waals surface area (Å²) in [5.41, 5.74) is 0.248. The van der Waals surface area contributed by atoms with Crippen molar-refractivity contribution < 1.29 is 14.3 Å². The van der Waals surface area contributed by atoms with Crippen LogP contribution in [0.4, 0.5) is 0 Å². The number of rotatable bonds is 5. The van der Waals surface area contributed by atoms with Crippen molar-refractivity contribution >= 4 is 21.8 Å². The third-order valence-corrected chi connectivity index (χ3v) is 3.18. The molecule has 1 amide bonds. The van der Waals surface area contributed by atoms with Crippen LogP contribution in [0.3, 0.4) is 0 Å². The van der Waals surface area contributed by atoms with Gasteiger partial charge in [-0.05, 0) is 47.1 Å². The number of hydrogen-bond acceptors (Lipinski definition) is 5. The highest BCUT2D eigenvalue weighted by Gasteiger charge is 2.09. The van der Waals surface area contributed by atoms with E-state index in [0.29, 0.717) is 23.9 Å². The summed E-state index contributed by atoms with van der Waals surface area (Å²) in [5, 5.41) is 10.4. The summed E-state index contributed by atoms with van der Waals surface area (Å²) in [6.45, 7) is 2.38. The number of halogens is 1. The Kier molecular flexibility index (Phi) is 5.10. The van der Waals surface area contributed by atoms with Crippen LogP contribution in [0.2, 0.25) is 0 Å². The minimum absolute atomic E-state index is 0.248. The van der Waals surface area contributed by atoms with Crippen molar-refractivity contribution in [3.63, 3.8) is 0 Å². The zero-order valence-electron chi connectivity index (χ0n) is 11.6. The van der Waals surface area contributed by atoms with E-state index in [4.69, 9.17) is 9.47 Å². The van der Waals surface area contributed by atoms with E-state index in [0.717, 1.165) is 4.47 Å². The largest absolute Gasteiger partial charge is 0.497 e. The highest BCUT2D eigenvalue weighted by molar-refractivity contribution is 9.10. The number of carbonyl (C=O) groups is 1. The van der Waals surface area contributed by atoms with Gasteiger partial charge in [0.05, 0.1) is 11.6 Å². The Balaban J connectivity index is 2.11. The molecule has 110 valence electrons. The summed E-state index contributed by atoms with van der Waals surface area (Å²) < 4.78 is 11.4. The van der Waals surface area contributed by atoms with Gasteiger partial charge in [0.25, 0.3) is 5.91 Å². The Labute approximate surface area is 130 Å². The van der Waals surface area contributed by atoms with Gasteiger partial charge in [0.1, 0.15) is 11.5 Å². The Morgan fingerprint density at radius 1 is 1.29 bits per heavy atom. The molecule has 0 aliphatic rings. The molecule has 0 saturated carbocycles. The van der Waals surface area contributed by atoms with Crippen LogP contribution in [-0.4, -0.2) is 29.8 Å². The SMILES string of the molecule is CCNC(=O)c1ccc(Oc2ccc(OC)cc2Br)nn1. The molecule has 0 fully saturated rings. The van der Waals surface area contributed by atoms with E-state index in [-0.39, 0.29) is 11.6 Å². The van der Waals surface area contributed by atoms with E-state index in [2.05, 4.69) is 31.4 Å². The van der Waals surface area contributed by atoms with Crippen LogP contribution in [0, 0.1) is 0 Å². The minimum Gasteiger partial charge on any atom is -0.497 e. The van der Waals surface area contributed by atoms with Gasteiger partial charge < -0.3 is 14.8 Å². The van der Waals surface area contributed by atoms with Crippen molar-refractivity contribution in [2.75, 3.05) is 13.7 Å². The molecule has 1 heterocycles. The van der Waals surface area contributed by atoms with Gasteiger partial charge in [0.15, 0.2) is 5.69 Å². The maximum Gasteiger partial charge on any atom is 0.271 e. The van der Waals surface area contributed by atoms with Crippen molar-refractivity contribution in [3.8, 4) is 17.4 Å².